The van der Waals surface area contributed by atoms with Crippen LogP contribution < -0.4 is 0 Å². The van der Waals surface area contributed by atoms with Gasteiger partial charge in [0.15, 0.2) is 5.69 Å². The van der Waals surface area contributed by atoms with Crippen molar-refractivity contribution in [3.05, 3.63) is 16.1 Å². The lowest BCUT2D eigenvalue weighted by Gasteiger charge is -2.20. The molecule has 1 aliphatic rings. The third-order valence-electron chi connectivity index (χ3n) is 2.60. The van der Waals surface area contributed by atoms with Crippen LogP contribution in [0.4, 0.5) is 0 Å². The molecule has 1 aliphatic heterocycles. The van der Waals surface area contributed by atoms with E-state index in [0.717, 1.165) is 25.2 Å². The summed E-state index contributed by atoms with van der Waals surface area (Å²) >= 11 is 3.28. The summed E-state index contributed by atoms with van der Waals surface area (Å²) in [6, 6.07) is 0. The number of hydrogen-bond acceptors (Lipinski definition) is 2. The highest BCUT2D eigenvalue weighted by atomic mass is 79.9. The van der Waals surface area contributed by atoms with E-state index in [9.17, 15) is 4.79 Å². The molecule has 0 saturated heterocycles. The fourth-order valence-electron chi connectivity index (χ4n) is 1.86. The van der Waals surface area contributed by atoms with E-state index in [0.29, 0.717) is 10.5 Å². The monoisotopic (exact) mass is 258 g/mol. The van der Waals surface area contributed by atoms with Crippen molar-refractivity contribution >= 4 is 21.9 Å². The minimum Gasteiger partial charge on any atom is -0.476 e. The molecule has 1 aromatic rings. The lowest BCUT2D eigenvalue weighted by atomic mass is 10.0. The van der Waals surface area contributed by atoms with Gasteiger partial charge in [0.2, 0.25) is 0 Å². The number of nitrogens with zero attached hydrogens (tertiary/aromatic N) is 2. The van der Waals surface area contributed by atoms with Crippen LogP contribution in [0.3, 0.4) is 0 Å². The maximum Gasteiger partial charge on any atom is 0.357 e. The highest BCUT2D eigenvalue weighted by Gasteiger charge is 2.25. The summed E-state index contributed by atoms with van der Waals surface area (Å²) in [6.45, 7) is 2.94. The minimum absolute atomic E-state index is 0.133. The van der Waals surface area contributed by atoms with Crippen molar-refractivity contribution in [1.82, 2.24) is 9.55 Å². The predicted molar refractivity (Wildman–Crippen MR) is 54.5 cm³/mol. The van der Waals surface area contributed by atoms with Gasteiger partial charge in [-0.05, 0) is 28.8 Å². The Bertz CT molecular complexity index is 386. The van der Waals surface area contributed by atoms with Gasteiger partial charge in [-0.15, -0.1) is 0 Å². The van der Waals surface area contributed by atoms with Crippen LogP contribution in [0.2, 0.25) is 0 Å². The van der Waals surface area contributed by atoms with E-state index in [1.165, 1.54) is 0 Å². The van der Waals surface area contributed by atoms with Crippen LogP contribution in [0, 0.1) is 0 Å². The van der Waals surface area contributed by atoms with Gasteiger partial charge in [0, 0.05) is 12.5 Å². The standard InChI is InChI=1S/C9H11BrN2O2/c1-5-3-2-4-12-7(10)6(9(13)14)11-8(5)12/h5H,2-4H2,1H3,(H,13,14). The molecule has 2 heterocycles. The molecule has 76 valence electrons. The molecule has 0 radical (unpaired) electrons. The maximum atomic E-state index is 10.8. The highest BCUT2D eigenvalue weighted by Crippen LogP contribution is 2.31. The number of rotatable bonds is 1. The molecule has 14 heavy (non-hydrogen) atoms. The van der Waals surface area contributed by atoms with Gasteiger partial charge < -0.3 is 9.67 Å². The second-order valence-electron chi connectivity index (χ2n) is 3.61. The van der Waals surface area contributed by atoms with Crippen LogP contribution in [0.1, 0.15) is 42.0 Å². The number of carbonyl (C=O) groups is 1. The quantitative estimate of drug-likeness (QED) is 0.841. The molecule has 0 fully saturated rings. The molecule has 0 bridgehead atoms. The van der Waals surface area contributed by atoms with Gasteiger partial charge in [-0.2, -0.15) is 0 Å². The van der Waals surface area contributed by atoms with Crippen molar-refractivity contribution < 1.29 is 9.90 Å². The largest absolute Gasteiger partial charge is 0.476 e. The number of halogens is 1. The van der Waals surface area contributed by atoms with Crippen molar-refractivity contribution in [2.24, 2.45) is 0 Å². The van der Waals surface area contributed by atoms with Gasteiger partial charge in [0.1, 0.15) is 10.4 Å². The number of imidazole rings is 1. The summed E-state index contributed by atoms with van der Waals surface area (Å²) in [7, 11) is 0. The second-order valence-corrected chi connectivity index (χ2v) is 4.36. The first-order valence-electron chi connectivity index (χ1n) is 4.60. The molecule has 0 aromatic carbocycles. The summed E-state index contributed by atoms with van der Waals surface area (Å²) < 4.78 is 2.56. The third-order valence-corrected chi connectivity index (χ3v) is 3.40. The lowest BCUT2D eigenvalue weighted by molar-refractivity contribution is 0.0689. The first-order valence-corrected chi connectivity index (χ1v) is 5.39. The minimum atomic E-state index is -0.967. The van der Waals surface area contributed by atoms with Crippen LogP contribution in [-0.4, -0.2) is 20.6 Å². The smallest absolute Gasteiger partial charge is 0.357 e. The van der Waals surface area contributed by atoms with Crippen molar-refractivity contribution in [2.45, 2.75) is 32.2 Å². The Morgan fingerprint density at radius 1 is 1.71 bits per heavy atom. The molecular weight excluding hydrogens is 248 g/mol. The Morgan fingerprint density at radius 3 is 3.00 bits per heavy atom. The molecule has 1 unspecified atom stereocenters. The van der Waals surface area contributed by atoms with Gasteiger partial charge in [0.05, 0.1) is 0 Å². The number of carboxylic acids is 1. The summed E-state index contributed by atoms with van der Waals surface area (Å²) in [5.41, 5.74) is 0.133. The van der Waals surface area contributed by atoms with E-state index in [1.54, 1.807) is 0 Å². The van der Waals surface area contributed by atoms with Crippen LogP contribution >= 0.6 is 15.9 Å². The van der Waals surface area contributed by atoms with Crippen LogP contribution in [-0.2, 0) is 6.54 Å². The highest BCUT2D eigenvalue weighted by molar-refractivity contribution is 9.10. The fourth-order valence-corrected chi connectivity index (χ4v) is 2.48. The summed E-state index contributed by atoms with van der Waals surface area (Å²) in [5.74, 6) is 0.277. The van der Waals surface area contributed by atoms with Gasteiger partial charge in [0.25, 0.3) is 0 Å². The van der Waals surface area contributed by atoms with Gasteiger partial charge >= 0.3 is 5.97 Å². The van der Waals surface area contributed by atoms with E-state index in [2.05, 4.69) is 27.8 Å². The van der Waals surface area contributed by atoms with Gasteiger partial charge in [-0.1, -0.05) is 6.92 Å². The maximum absolute atomic E-state index is 10.8. The molecule has 2 rings (SSSR count). The van der Waals surface area contributed by atoms with Crippen molar-refractivity contribution in [3.63, 3.8) is 0 Å². The zero-order valence-electron chi connectivity index (χ0n) is 7.83. The first-order chi connectivity index (χ1) is 6.61. The summed E-state index contributed by atoms with van der Waals surface area (Å²) in [4.78, 5) is 15.0. The van der Waals surface area contributed by atoms with Crippen LogP contribution in [0.5, 0.6) is 0 Å². The molecule has 0 saturated carbocycles. The van der Waals surface area contributed by atoms with Gasteiger partial charge in [-0.25, -0.2) is 9.78 Å². The average molecular weight is 259 g/mol. The fraction of sp³-hybridized carbons (Fsp3) is 0.556. The van der Waals surface area contributed by atoms with Crippen molar-refractivity contribution in [2.75, 3.05) is 0 Å². The molecule has 0 spiro atoms. The summed E-state index contributed by atoms with van der Waals surface area (Å²) in [5, 5.41) is 8.90. The Labute approximate surface area is 90.1 Å². The number of carboxylic acid groups (broad SMARTS) is 1. The molecular formula is C9H11BrN2O2. The average Bonchev–Trinajstić information content (AvgIpc) is 2.46. The second kappa shape index (κ2) is 3.38. The van der Waals surface area contributed by atoms with E-state index in [-0.39, 0.29) is 5.69 Å². The van der Waals surface area contributed by atoms with E-state index in [1.807, 2.05) is 4.57 Å². The van der Waals surface area contributed by atoms with Crippen molar-refractivity contribution in [1.29, 1.82) is 0 Å². The van der Waals surface area contributed by atoms with E-state index >= 15 is 0 Å². The number of fused-ring (bicyclic) bond motifs is 1. The summed E-state index contributed by atoms with van der Waals surface area (Å²) in [6.07, 6.45) is 2.17. The number of aromatic nitrogens is 2. The third kappa shape index (κ3) is 1.35. The molecule has 0 amide bonds. The van der Waals surface area contributed by atoms with Crippen LogP contribution in [0.15, 0.2) is 4.60 Å². The Hall–Kier alpha value is -0.840. The number of hydrogen-bond donors (Lipinski definition) is 1. The molecule has 1 atom stereocenters. The Balaban J connectivity index is 2.54. The molecule has 1 aromatic heterocycles. The van der Waals surface area contributed by atoms with Crippen LogP contribution in [0.25, 0.3) is 0 Å². The molecule has 0 aliphatic carbocycles. The zero-order chi connectivity index (χ0) is 10.3. The lowest BCUT2D eigenvalue weighted by Crippen LogP contribution is -2.13. The normalized spacial score (nSPS) is 20.6. The Morgan fingerprint density at radius 2 is 2.43 bits per heavy atom. The Kier molecular flexibility index (Phi) is 2.34. The molecule has 4 nitrogen and oxygen atoms in total. The SMILES string of the molecule is CC1CCCn2c1nc(C(=O)O)c2Br. The zero-order valence-corrected chi connectivity index (χ0v) is 9.41. The molecule has 1 N–H and O–H groups in total. The molecule has 5 heteroatoms. The van der Waals surface area contributed by atoms with Gasteiger partial charge in [-0.3, -0.25) is 0 Å². The first kappa shape index (κ1) is 9.71. The van der Waals surface area contributed by atoms with E-state index in [4.69, 9.17) is 5.11 Å². The van der Waals surface area contributed by atoms with Crippen molar-refractivity contribution in [3.8, 4) is 0 Å². The van der Waals surface area contributed by atoms with E-state index < -0.39 is 5.97 Å². The topological polar surface area (TPSA) is 55.1 Å². The predicted octanol–water partition coefficient (Wildman–Crippen LogP) is 2.24. The number of aromatic carboxylic acids is 1.